The number of aryl methyl sites for hydroxylation is 1. The summed E-state index contributed by atoms with van der Waals surface area (Å²) in [4.78, 5) is 11.6. The minimum atomic E-state index is -0.264. The summed E-state index contributed by atoms with van der Waals surface area (Å²) >= 11 is 0. The normalized spacial score (nSPS) is 9.31. The number of hydrogen-bond acceptors (Lipinski definition) is 6. The molecule has 0 fully saturated rings. The molecule has 2 aromatic rings. The first kappa shape index (κ1) is 25.9. The molecule has 2 aromatic carbocycles. The molecule has 0 unspecified atom stereocenters. The van der Waals surface area contributed by atoms with E-state index in [4.69, 9.17) is 5.11 Å². The van der Waals surface area contributed by atoms with Gasteiger partial charge in [-0.05, 0) is 31.0 Å². The number of carbonyl (C=O) groups excluding carboxylic acids is 1. The largest absolute Gasteiger partial charge is 4.00 e. The molecule has 1 radical (unpaired) electrons. The van der Waals surface area contributed by atoms with Crippen molar-refractivity contribution in [2.45, 2.75) is 19.8 Å². The minimum absolute atomic E-state index is 0. The van der Waals surface area contributed by atoms with E-state index in [0.29, 0.717) is 18.4 Å². The number of phenolic OH excluding ortho intramolecular Hbond substituents is 2. The molecule has 0 aliphatic rings. The molecule has 8 heteroatoms. The van der Waals surface area contributed by atoms with Crippen molar-refractivity contribution in [2.75, 3.05) is 6.61 Å². The Kier molecular flexibility index (Phi) is 14.9. The molecule has 0 aromatic heterocycles. The van der Waals surface area contributed by atoms with E-state index in [1.165, 1.54) is 12.3 Å². The van der Waals surface area contributed by atoms with E-state index in [2.05, 4.69) is 10.5 Å². The number of benzene rings is 2. The summed E-state index contributed by atoms with van der Waals surface area (Å²) < 4.78 is 0. The maximum absolute atomic E-state index is 11.6. The van der Waals surface area contributed by atoms with Gasteiger partial charge in [0.15, 0.2) is 11.5 Å². The fourth-order valence-corrected chi connectivity index (χ4v) is 1.79. The summed E-state index contributed by atoms with van der Waals surface area (Å²) in [6, 6.07) is 14.2. The van der Waals surface area contributed by atoms with Crippen LogP contribution in [0.2, 0.25) is 0 Å². The average molecular weight is 398 g/mol. The van der Waals surface area contributed by atoms with Gasteiger partial charge < -0.3 is 20.8 Å². The minimum Gasteiger partial charge on any atom is -0.870 e. The predicted octanol–water partition coefficient (Wildman–Crippen LogP) is 2.00. The second-order valence-electron chi connectivity index (χ2n) is 4.81. The van der Waals surface area contributed by atoms with Crippen molar-refractivity contribution < 1.29 is 44.1 Å². The van der Waals surface area contributed by atoms with E-state index in [9.17, 15) is 15.0 Å². The molecule has 26 heavy (non-hydrogen) atoms. The van der Waals surface area contributed by atoms with Crippen LogP contribution in [-0.2, 0) is 29.8 Å². The van der Waals surface area contributed by atoms with Crippen LogP contribution in [0.25, 0.3) is 0 Å². The van der Waals surface area contributed by atoms with Crippen LogP contribution in [0.1, 0.15) is 24.5 Å². The smallest absolute Gasteiger partial charge is 0.870 e. The molecule has 7 nitrogen and oxygen atoms in total. The first-order valence-corrected chi connectivity index (χ1v) is 7.56. The number of hydrazone groups is 1. The van der Waals surface area contributed by atoms with Gasteiger partial charge >= 0.3 is 18.6 Å². The number of aromatic hydroxyl groups is 2. The SMILES string of the molecule is CCO.O=C(CCc1ccccc1)N/N=C/c1cccc(O)c1O.[OH-].[V+4]. The van der Waals surface area contributed by atoms with Crippen molar-refractivity contribution in [3.63, 3.8) is 0 Å². The first-order valence-electron chi connectivity index (χ1n) is 7.56. The standard InChI is InChI=1S/C16H16N2O3.C2H6O.H2O.V/c19-14-8-4-7-13(16(14)21)11-17-18-15(20)10-9-12-5-2-1-3-6-12;1-2-3;;/h1-8,11,19,21H,9-10H2,(H,18,20);3H,2H2,1H3;1H2;/q;;;+4/p-1/b17-11+;;;. The zero-order chi connectivity index (χ0) is 17.8. The van der Waals surface area contributed by atoms with Gasteiger partial charge in [0, 0.05) is 18.6 Å². The van der Waals surface area contributed by atoms with Crippen LogP contribution < -0.4 is 5.43 Å². The van der Waals surface area contributed by atoms with Gasteiger partial charge in [-0.15, -0.1) is 0 Å². The number of aliphatic hydroxyl groups is 1. The Morgan fingerprint density at radius 3 is 2.35 bits per heavy atom. The summed E-state index contributed by atoms with van der Waals surface area (Å²) in [6.07, 6.45) is 2.25. The molecule has 0 saturated carbocycles. The molecule has 0 heterocycles. The fraction of sp³-hybridized carbons (Fsp3) is 0.222. The molecular formula is C18H23N2O5V+3. The van der Waals surface area contributed by atoms with Crippen LogP contribution in [0.4, 0.5) is 0 Å². The number of amides is 1. The van der Waals surface area contributed by atoms with Crippen LogP contribution >= 0.6 is 0 Å². The predicted molar refractivity (Wildman–Crippen MR) is 95.0 cm³/mol. The van der Waals surface area contributed by atoms with Gasteiger partial charge in [-0.25, -0.2) is 5.43 Å². The molecule has 0 atom stereocenters. The zero-order valence-electron chi connectivity index (χ0n) is 14.4. The van der Waals surface area contributed by atoms with Gasteiger partial charge in [0.1, 0.15) is 0 Å². The number of carbonyl (C=O) groups is 1. The molecular weight excluding hydrogens is 375 g/mol. The summed E-state index contributed by atoms with van der Waals surface area (Å²) in [7, 11) is 0. The van der Waals surface area contributed by atoms with Crippen molar-refractivity contribution >= 4 is 12.1 Å². The van der Waals surface area contributed by atoms with Crippen molar-refractivity contribution in [1.29, 1.82) is 0 Å². The van der Waals surface area contributed by atoms with E-state index in [1.54, 1.807) is 19.1 Å². The van der Waals surface area contributed by atoms with Gasteiger partial charge in [-0.1, -0.05) is 36.4 Å². The van der Waals surface area contributed by atoms with Crippen LogP contribution in [0, 0.1) is 0 Å². The number of aliphatic hydroxyl groups excluding tert-OH is 1. The second kappa shape index (κ2) is 15.0. The zero-order valence-corrected chi connectivity index (χ0v) is 15.8. The number of hydrogen-bond donors (Lipinski definition) is 4. The Hall–Kier alpha value is -2.32. The molecule has 0 aliphatic heterocycles. The second-order valence-corrected chi connectivity index (χ2v) is 4.81. The first-order chi connectivity index (χ1) is 11.6. The Morgan fingerprint density at radius 1 is 1.12 bits per heavy atom. The van der Waals surface area contributed by atoms with Crippen molar-refractivity contribution in [2.24, 2.45) is 5.10 Å². The molecule has 1 amide bonds. The van der Waals surface area contributed by atoms with Crippen LogP contribution in [0.3, 0.4) is 0 Å². The quantitative estimate of drug-likeness (QED) is 0.347. The summed E-state index contributed by atoms with van der Waals surface area (Å²) in [5, 5.41) is 30.2. The summed E-state index contributed by atoms with van der Waals surface area (Å²) in [6.45, 7) is 1.93. The van der Waals surface area contributed by atoms with Gasteiger partial charge in [0.05, 0.1) is 6.21 Å². The Balaban J connectivity index is 0. The van der Waals surface area contributed by atoms with Crippen LogP contribution in [-0.4, -0.2) is 39.5 Å². The molecule has 137 valence electrons. The maximum Gasteiger partial charge on any atom is 4.00 e. The van der Waals surface area contributed by atoms with Gasteiger partial charge in [-0.3, -0.25) is 4.79 Å². The van der Waals surface area contributed by atoms with E-state index in [1.807, 2.05) is 30.3 Å². The molecule has 2 rings (SSSR count). The fourth-order valence-electron chi connectivity index (χ4n) is 1.79. The third-order valence-corrected chi connectivity index (χ3v) is 2.92. The molecule has 0 spiro atoms. The number of phenols is 2. The third kappa shape index (κ3) is 9.85. The van der Waals surface area contributed by atoms with Crippen LogP contribution in [0.15, 0.2) is 53.6 Å². The Bertz CT molecular complexity index is 666. The van der Waals surface area contributed by atoms with E-state index in [-0.39, 0.29) is 48.0 Å². The topological polar surface area (TPSA) is 132 Å². The van der Waals surface area contributed by atoms with Crippen LogP contribution in [0.5, 0.6) is 11.5 Å². The van der Waals surface area contributed by atoms with Crippen molar-refractivity contribution in [1.82, 2.24) is 5.43 Å². The monoisotopic (exact) mass is 398 g/mol. The Morgan fingerprint density at radius 2 is 1.73 bits per heavy atom. The Labute approximate surface area is 164 Å². The van der Waals surface area contributed by atoms with Gasteiger partial charge in [-0.2, -0.15) is 5.10 Å². The number of nitrogens with zero attached hydrogens (tertiary/aromatic N) is 1. The average Bonchev–Trinajstić information content (AvgIpc) is 2.58. The maximum atomic E-state index is 11.6. The number of para-hydroxylation sites is 1. The van der Waals surface area contributed by atoms with Gasteiger partial charge in [0.2, 0.25) is 5.91 Å². The van der Waals surface area contributed by atoms with Gasteiger partial charge in [0.25, 0.3) is 0 Å². The molecule has 0 bridgehead atoms. The number of nitrogens with one attached hydrogen (secondary N) is 1. The summed E-state index contributed by atoms with van der Waals surface area (Å²) in [5.41, 5.74) is 3.80. The summed E-state index contributed by atoms with van der Waals surface area (Å²) in [5.74, 6) is -0.705. The van der Waals surface area contributed by atoms with E-state index in [0.717, 1.165) is 5.56 Å². The van der Waals surface area contributed by atoms with Crippen molar-refractivity contribution in [3.8, 4) is 11.5 Å². The molecule has 0 saturated heterocycles. The van der Waals surface area contributed by atoms with E-state index >= 15 is 0 Å². The van der Waals surface area contributed by atoms with Crippen molar-refractivity contribution in [3.05, 3.63) is 59.7 Å². The third-order valence-electron chi connectivity index (χ3n) is 2.92. The molecule has 5 N–H and O–H groups in total. The van der Waals surface area contributed by atoms with E-state index < -0.39 is 0 Å². The number of rotatable bonds is 5. The molecule has 0 aliphatic carbocycles.